The highest BCUT2D eigenvalue weighted by atomic mass is 32.2. The van der Waals surface area contributed by atoms with Crippen LogP contribution in [0.2, 0.25) is 0 Å². The van der Waals surface area contributed by atoms with E-state index in [9.17, 15) is 28.2 Å². The molecule has 0 fully saturated rings. The molecule has 2 aromatic carbocycles. The van der Waals surface area contributed by atoms with Crippen LogP contribution < -0.4 is 14.9 Å². The number of aromatic nitrogens is 1. The van der Waals surface area contributed by atoms with Gasteiger partial charge in [0.15, 0.2) is 5.69 Å². The van der Waals surface area contributed by atoms with Crippen molar-refractivity contribution in [3.8, 4) is 0 Å². The highest BCUT2D eigenvalue weighted by molar-refractivity contribution is 7.98. The maximum absolute atomic E-state index is 13.1. The molecule has 0 spiro atoms. The number of nitrogens with zero attached hydrogens (tertiary/aromatic N) is 2. The molecule has 40 heavy (non-hydrogen) atoms. The number of hydrogen-bond donors (Lipinski definition) is 4. The van der Waals surface area contributed by atoms with Gasteiger partial charge in [0.1, 0.15) is 18.5 Å². The molecule has 1 aromatic heterocycles. The Bertz CT molecular complexity index is 1350. The number of carbonyl (C=O) groups is 2. The summed E-state index contributed by atoms with van der Waals surface area (Å²) in [7, 11) is -2.43. The van der Waals surface area contributed by atoms with Crippen molar-refractivity contribution in [2.75, 3.05) is 29.6 Å². The lowest BCUT2D eigenvalue weighted by molar-refractivity contribution is -0.0224. The normalized spacial score (nSPS) is 14.5. The minimum Gasteiger partial charge on any atom is -0.430 e. The molecule has 2 amide bonds. The molecule has 0 aliphatic heterocycles. The third-order valence-corrected chi connectivity index (χ3v) is 8.06. The average molecular weight is 591 g/mol. The lowest BCUT2D eigenvalue weighted by Gasteiger charge is -2.33. The summed E-state index contributed by atoms with van der Waals surface area (Å²) < 4.78 is 29.5. The molecular weight excluding hydrogens is 556 g/mol. The van der Waals surface area contributed by atoms with Gasteiger partial charge >= 0.3 is 6.01 Å². The van der Waals surface area contributed by atoms with Gasteiger partial charge in [0.25, 0.3) is 11.8 Å². The molecule has 0 radical (unpaired) electrons. The molecule has 1 heterocycles. The third kappa shape index (κ3) is 8.55. The summed E-state index contributed by atoms with van der Waals surface area (Å²) in [6.07, 6.45) is 1.47. The highest BCUT2D eigenvalue weighted by Gasteiger charge is 2.35. The van der Waals surface area contributed by atoms with Crippen LogP contribution in [0.25, 0.3) is 0 Å². The van der Waals surface area contributed by atoms with Crippen LogP contribution in [0.3, 0.4) is 0 Å². The summed E-state index contributed by atoms with van der Waals surface area (Å²) in [6.45, 7) is 0. The Morgan fingerprint density at radius 1 is 0.975 bits per heavy atom. The Labute approximate surface area is 238 Å². The molecule has 0 aliphatic rings. The maximum atomic E-state index is 13.1. The van der Waals surface area contributed by atoms with E-state index in [1.54, 1.807) is 30.3 Å². The lowest BCUT2D eigenvalue weighted by Crippen LogP contribution is -2.56. The van der Waals surface area contributed by atoms with E-state index in [4.69, 9.17) is 4.42 Å². The minimum atomic E-state index is -3.67. The van der Waals surface area contributed by atoms with Crippen LogP contribution in [0, 0.1) is 0 Å². The minimum absolute atomic E-state index is 0.153. The summed E-state index contributed by atoms with van der Waals surface area (Å²) in [6, 6.07) is 15.5. The zero-order chi connectivity index (χ0) is 29.3. The number of sulfonamides is 1. The van der Waals surface area contributed by atoms with Crippen molar-refractivity contribution in [1.29, 1.82) is 0 Å². The summed E-state index contributed by atoms with van der Waals surface area (Å²) in [5, 5.41) is 28.1. The van der Waals surface area contributed by atoms with E-state index in [0.717, 1.165) is 22.4 Å². The SMILES string of the molecule is CSCCC(NC(=O)c1ccccc1)C(O)C(O)C(Cc1ccccc1)NC(=O)c1coc(N(C)S(C)(=O)=O)n1. The molecule has 0 aliphatic carbocycles. The predicted octanol–water partition coefficient (Wildman–Crippen LogP) is 1.68. The molecule has 0 saturated heterocycles. The molecule has 4 N–H and O–H groups in total. The van der Waals surface area contributed by atoms with Crippen LogP contribution in [0.4, 0.5) is 6.01 Å². The first-order valence-corrected chi connectivity index (χ1v) is 15.7. The average Bonchev–Trinajstić information content (AvgIpc) is 3.44. The molecule has 3 aromatic rings. The Kier molecular flexibility index (Phi) is 11.1. The van der Waals surface area contributed by atoms with Gasteiger partial charge in [-0.25, -0.2) is 12.7 Å². The Hall–Kier alpha value is -3.39. The maximum Gasteiger partial charge on any atom is 0.311 e. The van der Waals surface area contributed by atoms with Gasteiger partial charge in [0.2, 0.25) is 10.0 Å². The predicted molar refractivity (Wildman–Crippen MR) is 154 cm³/mol. The third-order valence-electron chi connectivity index (χ3n) is 6.27. The van der Waals surface area contributed by atoms with Gasteiger partial charge in [-0.3, -0.25) is 9.59 Å². The van der Waals surface area contributed by atoms with Gasteiger partial charge in [-0.2, -0.15) is 16.7 Å². The van der Waals surface area contributed by atoms with E-state index in [-0.39, 0.29) is 18.1 Å². The number of carbonyl (C=O) groups excluding carboxylic acids is 2. The molecule has 13 heteroatoms. The van der Waals surface area contributed by atoms with E-state index in [1.807, 2.05) is 36.6 Å². The fourth-order valence-electron chi connectivity index (χ4n) is 3.91. The van der Waals surface area contributed by atoms with Crippen molar-refractivity contribution in [3.05, 3.63) is 83.7 Å². The molecule has 11 nitrogen and oxygen atoms in total. The second kappa shape index (κ2) is 14.3. The number of benzene rings is 2. The van der Waals surface area contributed by atoms with Crippen LogP contribution in [0.1, 0.15) is 32.8 Å². The van der Waals surface area contributed by atoms with Crippen LogP contribution in [-0.2, 0) is 16.4 Å². The van der Waals surface area contributed by atoms with Crippen LogP contribution >= 0.6 is 11.8 Å². The smallest absolute Gasteiger partial charge is 0.311 e. The number of anilines is 1. The van der Waals surface area contributed by atoms with Crippen molar-refractivity contribution >= 4 is 39.6 Å². The molecule has 4 unspecified atom stereocenters. The number of nitrogens with one attached hydrogen (secondary N) is 2. The first kappa shape index (κ1) is 31.1. The van der Waals surface area contributed by atoms with Crippen molar-refractivity contribution in [2.24, 2.45) is 0 Å². The number of rotatable bonds is 14. The van der Waals surface area contributed by atoms with E-state index in [1.165, 1.54) is 18.8 Å². The lowest BCUT2D eigenvalue weighted by atomic mass is 9.92. The van der Waals surface area contributed by atoms with Crippen LogP contribution in [0.5, 0.6) is 0 Å². The monoisotopic (exact) mass is 590 g/mol. The second-order valence-corrected chi connectivity index (χ2v) is 12.2. The standard InChI is InChI=1S/C27H34N4O7S2/c1-31(40(3,36)37)27-30-22(17-38-27)26(35)29-21(16-18-10-6-4-7-11-18)24(33)23(32)20(14-15-39-2)28-25(34)19-12-8-5-9-13-19/h4-13,17,20-21,23-24,32-33H,14-16H2,1-3H3,(H,28,34)(H,29,35). The zero-order valence-corrected chi connectivity index (χ0v) is 24.1. The van der Waals surface area contributed by atoms with Gasteiger partial charge in [0.05, 0.1) is 18.3 Å². The molecule has 4 atom stereocenters. The molecule has 0 saturated carbocycles. The van der Waals surface area contributed by atoms with Gasteiger partial charge < -0.3 is 25.3 Å². The number of aliphatic hydroxyl groups is 2. The molecular formula is C27H34N4O7S2. The van der Waals surface area contributed by atoms with Crippen LogP contribution in [-0.4, -0.2) is 85.0 Å². The Morgan fingerprint density at radius 3 is 2.15 bits per heavy atom. The largest absolute Gasteiger partial charge is 0.430 e. The fourth-order valence-corrected chi connectivity index (χ4v) is 4.77. The van der Waals surface area contributed by atoms with Crippen molar-refractivity contribution in [1.82, 2.24) is 15.6 Å². The first-order chi connectivity index (χ1) is 19.0. The first-order valence-electron chi connectivity index (χ1n) is 12.5. The molecule has 3 rings (SSSR count). The highest BCUT2D eigenvalue weighted by Crippen LogP contribution is 2.18. The van der Waals surface area contributed by atoms with Crippen molar-refractivity contribution in [3.63, 3.8) is 0 Å². The summed E-state index contributed by atoms with van der Waals surface area (Å²) in [5.74, 6) is -0.529. The zero-order valence-electron chi connectivity index (χ0n) is 22.4. The molecule has 216 valence electrons. The number of oxazole rings is 1. The number of thioether (sulfide) groups is 1. The summed E-state index contributed by atoms with van der Waals surface area (Å²) >= 11 is 1.53. The second-order valence-electron chi connectivity index (χ2n) is 9.22. The fraction of sp³-hybridized carbons (Fsp3) is 0.370. The number of aliphatic hydroxyl groups excluding tert-OH is 2. The van der Waals surface area contributed by atoms with E-state index < -0.39 is 46.1 Å². The number of amides is 2. The molecule has 0 bridgehead atoms. The topological polar surface area (TPSA) is 162 Å². The summed E-state index contributed by atoms with van der Waals surface area (Å²) in [4.78, 5) is 29.9. The van der Waals surface area contributed by atoms with Gasteiger partial charge in [-0.15, -0.1) is 0 Å². The number of hydrogen-bond acceptors (Lipinski definition) is 9. The van der Waals surface area contributed by atoms with Gasteiger partial charge in [-0.05, 0) is 42.5 Å². The van der Waals surface area contributed by atoms with Crippen molar-refractivity contribution < 1.29 is 32.6 Å². The Balaban J connectivity index is 1.83. The quantitative estimate of drug-likeness (QED) is 0.219. The summed E-state index contributed by atoms with van der Waals surface area (Å²) in [5.41, 5.74) is 0.987. The van der Waals surface area contributed by atoms with Crippen LogP contribution in [0.15, 0.2) is 71.3 Å². The van der Waals surface area contributed by atoms with Gasteiger partial charge in [-0.1, -0.05) is 48.5 Å². The van der Waals surface area contributed by atoms with E-state index in [2.05, 4.69) is 15.6 Å². The van der Waals surface area contributed by atoms with Gasteiger partial charge in [0, 0.05) is 12.6 Å². The van der Waals surface area contributed by atoms with E-state index >= 15 is 0 Å². The van der Waals surface area contributed by atoms with E-state index in [0.29, 0.717) is 17.7 Å². The Morgan fingerprint density at radius 2 is 1.55 bits per heavy atom. The van der Waals surface area contributed by atoms with Crippen molar-refractivity contribution in [2.45, 2.75) is 37.1 Å².